The van der Waals surface area contributed by atoms with Gasteiger partial charge < -0.3 is 15.3 Å². The molecule has 0 bridgehead atoms. The maximum Gasteiger partial charge on any atom is 0.317 e. The molecule has 1 aliphatic rings. The lowest BCUT2D eigenvalue weighted by Crippen LogP contribution is -2.45. The fourth-order valence-electron chi connectivity index (χ4n) is 1.81. The summed E-state index contributed by atoms with van der Waals surface area (Å²) >= 11 is 0. The van der Waals surface area contributed by atoms with Gasteiger partial charge in [-0.15, -0.1) is 0 Å². The molecule has 2 amide bonds. The number of carboxylic acid groups (broad SMARTS) is 1. The first-order chi connectivity index (χ1) is 7.91. The molecule has 0 heterocycles. The summed E-state index contributed by atoms with van der Waals surface area (Å²) in [5, 5.41) is 11.5. The zero-order chi connectivity index (χ0) is 13.0. The van der Waals surface area contributed by atoms with Gasteiger partial charge in [0.1, 0.15) is 0 Å². The number of urea groups is 1. The molecule has 0 aliphatic heterocycles. The van der Waals surface area contributed by atoms with Crippen molar-refractivity contribution in [1.82, 2.24) is 10.2 Å². The van der Waals surface area contributed by atoms with Gasteiger partial charge in [0.2, 0.25) is 0 Å². The summed E-state index contributed by atoms with van der Waals surface area (Å²) in [6, 6.07) is -0.133. The van der Waals surface area contributed by atoms with E-state index in [1.807, 2.05) is 13.8 Å². The first-order valence-corrected chi connectivity index (χ1v) is 6.18. The van der Waals surface area contributed by atoms with Crippen LogP contribution in [0.4, 0.5) is 4.79 Å². The number of carbonyl (C=O) groups is 2. The molecular formula is C12H22N2O3. The summed E-state index contributed by atoms with van der Waals surface area (Å²) in [6.45, 7) is 6.92. The molecule has 0 spiro atoms. The van der Waals surface area contributed by atoms with Crippen molar-refractivity contribution >= 4 is 12.0 Å². The van der Waals surface area contributed by atoms with E-state index in [2.05, 4.69) is 12.2 Å². The predicted molar refractivity (Wildman–Crippen MR) is 64.8 cm³/mol. The van der Waals surface area contributed by atoms with Crippen LogP contribution in [-0.2, 0) is 4.79 Å². The van der Waals surface area contributed by atoms with Gasteiger partial charge in [-0.05, 0) is 32.1 Å². The van der Waals surface area contributed by atoms with Gasteiger partial charge in [-0.1, -0.05) is 6.92 Å². The van der Waals surface area contributed by atoms with Crippen molar-refractivity contribution in [3.05, 3.63) is 0 Å². The SMILES string of the molecule is CC1CC1CNC(=O)N(CCC(=O)O)C(C)C. The summed E-state index contributed by atoms with van der Waals surface area (Å²) in [7, 11) is 0. The van der Waals surface area contributed by atoms with Crippen LogP contribution in [-0.4, -0.2) is 41.1 Å². The first kappa shape index (κ1) is 13.8. The Morgan fingerprint density at radius 1 is 1.47 bits per heavy atom. The second-order valence-electron chi connectivity index (χ2n) is 5.09. The van der Waals surface area contributed by atoms with E-state index in [4.69, 9.17) is 5.11 Å². The van der Waals surface area contributed by atoms with Gasteiger partial charge in [0.15, 0.2) is 0 Å². The number of rotatable bonds is 6. The van der Waals surface area contributed by atoms with E-state index in [1.165, 1.54) is 6.42 Å². The average molecular weight is 242 g/mol. The van der Waals surface area contributed by atoms with Gasteiger partial charge in [0.05, 0.1) is 6.42 Å². The Kier molecular flexibility index (Phi) is 4.78. The molecule has 2 atom stereocenters. The molecule has 5 nitrogen and oxygen atoms in total. The molecule has 2 unspecified atom stereocenters. The van der Waals surface area contributed by atoms with Crippen LogP contribution in [0.5, 0.6) is 0 Å². The minimum atomic E-state index is -0.876. The van der Waals surface area contributed by atoms with E-state index in [9.17, 15) is 9.59 Å². The fraction of sp³-hybridized carbons (Fsp3) is 0.833. The third-order valence-corrected chi connectivity index (χ3v) is 3.24. The summed E-state index contributed by atoms with van der Waals surface area (Å²) in [6.07, 6.45) is 1.17. The molecule has 0 aromatic heterocycles. The van der Waals surface area contributed by atoms with E-state index in [0.29, 0.717) is 18.4 Å². The maximum absolute atomic E-state index is 11.9. The molecule has 1 fully saturated rings. The highest BCUT2D eigenvalue weighted by molar-refractivity contribution is 5.75. The standard InChI is InChI=1S/C12H22N2O3/c1-8(2)14(5-4-11(15)16)12(17)13-7-10-6-9(10)3/h8-10H,4-7H2,1-3H3,(H,13,17)(H,15,16). The minimum Gasteiger partial charge on any atom is -0.481 e. The lowest BCUT2D eigenvalue weighted by Gasteiger charge is -2.26. The van der Waals surface area contributed by atoms with Crippen LogP contribution in [0.2, 0.25) is 0 Å². The maximum atomic E-state index is 11.9. The van der Waals surface area contributed by atoms with E-state index in [1.54, 1.807) is 4.90 Å². The topological polar surface area (TPSA) is 69.6 Å². The molecule has 0 aromatic rings. The number of hydrogen-bond donors (Lipinski definition) is 2. The summed E-state index contributed by atoms with van der Waals surface area (Å²) < 4.78 is 0. The minimum absolute atomic E-state index is 0.00850. The third-order valence-electron chi connectivity index (χ3n) is 3.24. The van der Waals surface area contributed by atoms with Crippen molar-refractivity contribution in [2.24, 2.45) is 11.8 Å². The Hall–Kier alpha value is -1.26. The second kappa shape index (κ2) is 5.89. The van der Waals surface area contributed by atoms with Gasteiger partial charge in [-0.25, -0.2) is 4.79 Å². The molecule has 0 saturated heterocycles. The Balaban J connectivity index is 2.34. The molecule has 0 radical (unpaired) electrons. The smallest absolute Gasteiger partial charge is 0.317 e. The molecule has 1 saturated carbocycles. The summed E-state index contributed by atoms with van der Waals surface area (Å²) in [5.41, 5.74) is 0. The average Bonchev–Trinajstić information content (AvgIpc) is 2.91. The highest BCUT2D eigenvalue weighted by atomic mass is 16.4. The summed E-state index contributed by atoms with van der Waals surface area (Å²) in [5.74, 6) is 0.438. The van der Waals surface area contributed by atoms with Crippen LogP contribution in [0, 0.1) is 11.8 Å². The number of amides is 2. The van der Waals surface area contributed by atoms with Gasteiger partial charge >= 0.3 is 12.0 Å². The van der Waals surface area contributed by atoms with E-state index >= 15 is 0 Å². The summed E-state index contributed by atoms with van der Waals surface area (Å²) in [4.78, 5) is 23.9. The van der Waals surface area contributed by atoms with Crippen molar-refractivity contribution in [3.63, 3.8) is 0 Å². The second-order valence-corrected chi connectivity index (χ2v) is 5.09. The quantitative estimate of drug-likeness (QED) is 0.742. The largest absolute Gasteiger partial charge is 0.481 e. The van der Waals surface area contributed by atoms with Crippen molar-refractivity contribution in [1.29, 1.82) is 0 Å². The van der Waals surface area contributed by atoms with E-state index < -0.39 is 5.97 Å². The molecule has 2 N–H and O–H groups in total. The molecule has 5 heteroatoms. The zero-order valence-electron chi connectivity index (χ0n) is 10.8. The number of nitrogens with one attached hydrogen (secondary N) is 1. The lowest BCUT2D eigenvalue weighted by molar-refractivity contribution is -0.137. The van der Waals surface area contributed by atoms with E-state index in [-0.39, 0.29) is 25.0 Å². The van der Waals surface area contributed by atoms with Crippen LogP contribution in [0.15, 0.2) is 0 Å². The van der Waals surface area contributed by atoms with Crippen LogP contribution >= 0.6 is 0 Å². The number of hydrogen-bond acceptors (Lipinski definition) is 2. The van der Waals surface area contributed by atoms with Crippen molar-refractivity contribution in [3.8, 4) is 0 Å². The van der Waals surface area contributed by atoms with Gasteiger partial charge in [0.25, 0.3) is 0 Å². The monoisotopic (exact) mass is 242 g/mol. The highest BCUT2D eigenvalue weighted by Gasteiger charge is 2.33. The Bertz CT molecular complexity index is 291. The molecular weight excluding hydrogens is 220 g/mol. The number of carbonyl (C=O) groups excluding carboxylic acids is 1. The number of nitrogens with zero attached hydrogens (tertiary/aromatic N) is 1. The predicted octanol–water partition coefficient (Wildman–Crippen LogP) is 1.54. The van der Waals surface area contributed by atoms with Crippen LogP contribution in [0.25, 0.3) is 0 Å². The van der Waals surface area contributed by atoms with Crippen LogP contribution in [0.1, 0.15) is 33.6 Å². The van der Waals surface area contributed by atoms with Crippen molar-refractivity contribution < 1.29 is 14.7 Å². The third kappa shape index (κ3) is 4.63. The van der Waals surface area contributed by atoms with Gasteiger partial charge in [-0.3, -0.25) is 4.79 Å². The highest BCUT2D eigenvalue weighted by Crippen LogP contribution is 2.36. The number of carboxylic acids is 1. The van der Waals surface area contributed by atoms with Crippen LogP contribution in [0.3, 0.4) is 0 Å². The van der Waals surface area contributed by atoms with Gasteiger partial charge in [0, 0.05) is 19.1 Å². The number of aliphatic carboxylic acids is 1. The Labute approximate surface area is 102 Å². The zero-order valence-corrected chi connectivity index (χ0v) is 10.8. The molecule has 98 valence electrons. The Morgan fingerprint density at radius 2 is 2.06 bits per heavy atom. The van der Waals surface area contributed by atoms with E-state index in [0.717, 1.165) is 0 Å². The molecule has 1 rings (SSSR count). The normalized spacial score (nSPS) is 22.4. The molecule has 17 heavy (non-hydrogen) atoms. The van der Waals surface area contributed by atoms with Crippen LogP contribution < -0.4 is 5.32 Å². The molecule has 0 aromatic carbocycles. The fourth-order valence-corrected chi connectivity index (χ4v) is 1.81. The van der Waals surface area contributed by atoms with Gasteiger partial charge in [-0.2, -0.15) is 0 Å². The first-order valence-electron chi connectivity index (χ1n) is 6.18. The Morgan fingerprint density at radius 3 is 2.47 bits per heavy atom. The molecule has 1 aliphatic carbocycles. The van der Waals surface area contributed by atoms with Crippen molar-refractivity contribution in [2.45, 2.75) is 39.7 Å². The van der Waals surface area contributed by atoms with Crippen molar-refractivity contribution in [2.75, 3.05) is 13.1 Å². The lowest BCUT2D eigenvalue weighted by atomic mass is 10.3.